The maximum Gasteiger partial charge on any atom is 0.193 e. The predicted octanol–water partition coefficient (Wildman–Crippen LogP) is 9.23. The van der Waals surface area contributed by atoms with E-state index in [2.05, 4.69) is 0 Å². The van der Waals surface area contributed by atoms with Crippen molar-refractivity contribution < 1.29 is 19.1 Å². The first-order chi connectivity index (χ1) is 17.5. The first kappa shape index (κ1) is 30.8. The third kappa shape index (κ3) is 9.06. The van der Waals surface area contributed by atoms with Crippen LogP contribution in [-0.2, 0) is 0 Å². The molecule has 0 spiro atoms. The van der Waals surface area contributed by atoms with Crippen molar-refractivity contribution in [2.75, 3.05) is 0 Å². The highest BCUT2D eigenvalue weighted by molar-refractivity contribution is 6.09. The molecule has 0 aliphatic rings. The van der Waals surface area contributed by atoms with Gasteiger partial charge in [0.15, 0.2) is 11.6 Å². The smallest absolute Gasteiger partial charge is 0.193 e. The van der Waals surface area contributed by atoms with Crippen molar-refractivity contribution in [1.82, 2.24) is 6.15 Å². The van der Waals surface area contributed by atoms with Crippen LogP contribution in [0.25, 0.3) is 0 Å². The molecule has 0 heterocycles. The molecule has 194 valence electrons. The van der Waals surface area contributed by atoms with Crippen LogP contribution in [0, 0.1) is 6.92 Å². The maximum absolute atomic E-state index is 12.7. The summed E-state index contributed by atoms with van der Waals surface area (Å²) in [7, 11) is 0. The molecule has 0 fully saturated rings. The number of carbonyl (C=O) groups excluding carboxylic acids is 2. The molecule has 4 aromatic rings. The lowest BCUT2D eigenvalue weighted by atomic mass is 10.0. The number of ether oxygens (including phenoxy) is 2. The summed E-state index contributed by atoms with van der Waals surface area (Å²) in [4.78, 5) is 24.1. The van der Waals surface area contributed by atoms with Crippen LogP contribution >= 0.6 is 0 Å². The molecule has 0 unspecified atom stereocenters. The summed E-state index contributed by atoms with van der Waals surface area (Å²) in [5.74, 6) is 2.66. The Morgan fingerprint density at radius 1 is 0.486 bits per heavy atom. The topological polar surface area (TPSA) is 87.6 Å². The third-order valence-electron chi connectivity index (χ3n) is 4.99. The summed E-state index contributed by atoms with van der Waals surface area (Å²) in [6.45, 7) is 11.5. The molecule has 0 amide bonds. The molecule has 0 saturated heterocycles. The van der Waals surface area contributed by atoms with Crippen LogP contribution < -0.4 is 15.6 Å². The van der Waals surface area contributed by atoms with E-state index in [-0.39, 0.29) is 17.7 Å². The van der Waals surface area contributed by atoms with Gasteiger partial charge < -0.3 is 15.6 Å². The third-order valence-corrected chi connectivity index (χ3v) is 4.99. The quantitative estimate of drug-likeness (QED) is 0.256. The van der Waals surface area contributed by atoms with Crippen molar-refractivity contribution in [3.63, 3.8) is 0 Å². The van der Waals surface area contributed by atoms with Crippen molar-refractivity contribution in [2.45, 2.75) is 41.5 Å². The summed E-state index contributed by atoms with van der Waals surface area (Å²) in [5.41, 5.74) is 2.85. The average Bonchev–Trinajstić information content (AvgIpc) is 2.93. The Hall–Kier alpha value is -4.22. The number of Topliss-reactive ketones (excluding diaryl/α,β-unsaturated/α-hetero) is 1. The van der Waals surface area contributed by atoms with Gasteiger partial charge in [-0.05, 0) is 74.5 Å². The van der Waals surface area contributed by atoms with Gasteiger partial charge in [0.05, 0.1) is 0 Å². The Morgan fingerprint density at radius 2 is 0.757 bits per heavy atom. The van der Waals surface area contributed by atoms with Crippen LogP contribution in [0.2, 0.25) is 0 Å². The lowest BCUT2D eigenvalue weighted by molar-refractivity contribution is 0.101. The Morgan fingerprint density at radius 3 is 1.11 bits per heavy atom. The van der Waals surface area contributed by atoms with Gasteiger partial charge in [-0.1, -0.05) is 69.7 Å². The summed E-state index contributed by atoms with van der Waals surface area (Å²) in [5, 5.41) is 0. The molecule has 5 heteroatoms. The molecule has 4 rings (SSSR count). The van der Waals surface area contributed by atoms with Gasteiger partial charge in [0.2, 0.25) is 0 Å². The lowest BCUT2D eigenvalue weighted by Crippen LogP contribution is -2.02. The van der Waals surface area contributed by atoms with Crippen LogP contribution in [-0.4, -0.2) is 11.6 Å². The average molecular weight is 500 g/mol. The molecular weight excluding hydrogens is 462 g/mol. The molecule has 0 atom stereocenters. The van der Waals surface area contributed by atoms with Gasteiger partial charge in [0.25, 0.3) is 0 Å². The zero-order valence-corrected chi connectivity index (χ0v) is 22.6. The number of benzene rings is 4. The van der Waals surface area contributed by atoms with Crippen LogP contribution in [0.15, 0.2) is 97.1 Å². The van der Waals surface area contributed by atoms with Crippen molar-refractivity contribution in [3.05, 3.63) is 119 Å². The molecular formula is C32H37NO4. The van der Waals surface area contributed by atoms with Crippen molar-refractivity contribution in [2.24, 2.45) is 0 Å². The molecule has 0 saturated carbocycles. The van der Waals surface area contributed by atoms with Crippen LogP contribution in [0.5, 0.6) is 23.0 Å². The number of ketones is 2. The van der Waals surface area contributed by atoms with Crippen molar-refractivity contribution in [1.29, 1.82) is 0 Å². The monoisotopic (exact) mass is 499 g/mol. The van der Waals surface area contributed by atoms with Gasteiger partial charge in [0.1, 0.15) is 23.0 Å². The summed E-state index contributed by atoms with van der Waals surface area (Å²) in [6.07, 6.45) is 0. The van der Waals surface area contributed by atoms with E-state index in [0.29, 0.717) is 28.2 Å². The molecule has 0 aliphatic carbocycles. The molecule has 5 nitrogen and oxygen atoms in total. The number of hydrogen-bond acceptors (Lipinski definition) is 5. The van der Waals surface area contributed by atoms with Crippen molar-refractivity contribution in [3.8, 4) is 23.0 Å². The van der Waals surface area contributed by atoms with Crippen LogP contribution in [0.1, 0.15) is 66.5 Å². The zero-order valence-electron chi connectivity index (χ0n) is 22.6. The Balaban J connectivity index is 0.00000131. The van der Waals surface area contributed by atoms with Gasteiger partial charge in [-0.15, -0.1) is 0 Å². The second-order valence-electron chi connectivity index (χ2n) is 7.48. The van der Waals surface area contributed by atoms with Gasteiger partial charge in [0, 0.05) is 16.7 Å². The van der Waals surface area contributed by atoms with E-state index in [1.54, 1.807) is 48.5 Å². The van der Waals surface area contributed by atoms with Gasteiger partial charge in [-0.2, -0.15) is 0 Å². The van der Waals surface area contributed by atoms with E-state index in [4.69, 9.17) is 9.47 Å². The predicted molar refractivity (Wildman–Crippen MR) is 152 cm³/mol. The van der Waals surface area contributed by atoms with E-state index in [1.165, 1.54) is 12.5 Å². The minimum Gasteiger partial charge on any atom is -0.457 e. The fourth-order valence-corrected chi connectivity index (χ4v) is 3.15. The maximum atomic E-state index is 12.7. The number of hydrogen-bond donors (Lipinski definition) is 1. The first-order valence-electron chi connectivity index (χ1n) is 12.3. The largest absolute Gasteiger partial charge is 0.457 e. The molecule has 3 N–H and O–H groups in total. The van der Waals surface area contributed by atoms with Crippen LogP contribution in [0.3, 0.4) is 0 Å². The van der Waals surface area contributed by atoms with E-state index < -0.39 is 0 Å². The van der Waals surface area contributed by atoms with Gasteiger partial charge in [-0.3, -0.25) is 9.59 Å². The highest BCUT2D eigenvalue weighted by atomic mass is 16.5. The number of carbonyl (C=O) groups is 2. The molecule has 0 aliphatic heterocycles. The van der Waals surface area contributed by atoms with Gasteiger partial charge >= 0.3 is 0 Å². The molecule has 0 aromatic heterocycles. The minimum atomic E-state index is -0.107. The second kappa shape index (κ2) is 15.7. The fraction of sp³-hybridized carbons (Fsp3) is 0.188. The Kier molecular flexibility index (Phi) is 13.1. The molecule has 37 heavy (non-hydrogen) atoms. The number of rotatable bonds is 7. The summed E-state index contributed by atoms with van der Waals surface area (Å²) >= 11 is 0. The van der Waals surface area contributed by atoms with E-state index in [0.717, 1.165) is 11.5 Å². The number of aryl methyl sites for hydroxylation is 1. The van der Waals surface area contributed by atoms with E-state index >= 15 is 0 Å². The van der Waals surface area contributed by atoms with E-state index in [9.17, 15) is 9.59 Å². The molecule has 4 aromatic carbocycles. The SMILES string of the molecule is CC.CC.CC(=O)c1ccc(C(=O)c2ccc(Oc3ccc(Oc4ccc(C)cc4)cc3)cc2)cc1.N. The second-order valence-corrected chi connectivity index (χ2v) is 7.48. The Bertz CT molecular complexity index is 1230. The molecule has 0 bridgehead atoms. The highest BCUT2D eigenvalue weighted by Crippen LogP contribution is 2.27. The van der Waals surface area contributed by atoms with Gasteiger partial charge in [-0.25, -0.2) is 0 Å². The van der Waals surface area contributed by atoms with Crippen molar-refractivity contribution >= 4 is 11.6 Å². The first-order valence-corrected chi connectivity index (χ1v) is 12.3. The summed E-state index contributed by atoms with van der Waals surface area (Å²) in [6, 6.07) is 28.9. The van der Waals surface area contributed by atoms with Crippen LogP contribution in [0.4, 0.5) is 0 Å². The summed E-state index contributed by atoms with van der Waals surface area (Å²) < 4.78 is 11.7. The molecule has 0 radical (unpaired) electrons. The van der Waals surface area contributed by atoms with E-state index in [1.807, 2.05) is 83.1 Å². The highest BCUT2D eigenvalue weighted by Gasteiger charge is 2.10. The fourth-order valence-electron chi connectivity index (χ4n) is 3.15. The minimum absolute atomic E-state index is 0. The lowest BCUT2D eigenvalue weighted by Gasteiger charge is -2.09. The Labute approximate surface area is 220 Å². The standard InChI is InChI=1S/C28H22O4.2C2H6.H3N/c1-19-3-11-24(12-4-19)31-26-15-17-27(18-16-26)32-25-13-9-23(10-14-25)28(30)22-7-5-21(6-8-22)20(2)29;2*1-2;/h3-18H,1-2H3;2*1-2H3;1H3. The normalized spacial score (nSPS) is 9.35. The zero-order chi connectivity index (χ0) is 26.5.